The molecule has 11 heteroatoms. The summed E-state index contributed by atoms with van der Waals surface area (Å²) in [4.78, 5) is 19.8. The molecule has 0 spiro atoms. The van der Waals surface area contributed by atoms with Crippen molar-refractivity contribution in [3.63, 3.8) is 0 Å². The molecule has 0 saturated carbocycles. The van der Waals surface area contributed by atoms with Crippen LogP contribution in [0.1, 0.15) is 29.7 Å². The number of nitrogens with zero attached hydrogens (tertiary/aromatic N) is 4. The van der Waals surface area contributed by atoms with Gasteiger partial charge >= 0.3 is 5.97 Å². The molecule has 1 aromatic carbocycles. The SMILES string of the molecule is CC(Oc1ccccc1C1N=C(NC#N)Nc2nc(N)c(C#N)c(N)c21)C(=O)O. The molecule has 0 fully saturated rings. The molecule has 0 bridgehead atoms. The van der Waals surface area contributed by atoms with Gasteiger partial charge < -0.3 is 26.6 Å². The van der Waals surface area contributed by atoms with E-state index in [4.69, 9.17) is 26.6 Å². The average molecular weight is 392 g/mol. The molecule has 0 aliphatic carbocycles. The minimum atomic E-state index is -1.14. The summed E-state index contributed by atoms with van der Waals surface area (Å²) in [5.74, 6) is -0.645. The van der Waals surface area contributed by atoms with Crippen LogP contribution in [0.2, 0.25) is 0 Å². The van der Waals surface area contributed by atoms with E-state index >= 15 is 0 Å². The number of fused-ring (bicyclic) bond motifs is 1. The van der Waals surface area contributed by atoms with Crippen molar-refractivity contribution in [2.45, 2.75) is 19.1 Å². The highest BCUT2D eigenvalue weighted by Crippen LogP contribution is 2.43. The van der Waals surface area contributed by atoms with Crippen LogP contribution in [0.25, 0.3) is 0 Å². The van der Waals surface area contributed by atoms with Crippen molar-refractivity contribution in [1.82, 2.24) is 10.3 Å². The molecule has 1 aromatic heterocycles. The maximum Gasteiger partial charge on any atom is 0.344 e. The molecule has 29 heavy (non-hydrogen) atoms. The second-order valence-corrected chi connectivity index (χ2v) is 6.04. The Kier molecular flexibility index (Phi) is 5.06. The van der Waals surface area contributed by atoms with Gasteiger partial charge in [0.2, 0.25) is 5.96 Å². The Balaban J connectivity index is 2.21. The number of guanidine groups is 1. The fourth-order valence-corrected chi connectivity index (χ4v) is 2.86. The molecule has 11 nitrogen and oxygen atoms in total. The van der Waals surface area contributed by atoms with Crippen molar-refractivity contribution in [3.05, 3.63) is 41.0 Å². The first-order valence-electron chi connectivity index (χ1n) is 8.34. The predicted octanol–water partition coefficient (Wildman–Crippen LogP) is 0.911. The lowest BCUT2D eigenvalue weighted by molar-refractivity contribution is -0.144. The average Bonchev–Trinajstić information content (AvgIpc) is 2.68. The van der Waals surface area contributed by atoms with Crippen LogP contribution < -0.4 is 26.8 Å². The predicted molar refractivity (Wildman–Crippen MR) is 104 cm³/mol. The van der Waals surface area contributed by atoms with Gasteiger partial charge in [0.05, 0.1) is 5.69 Å². The minimum Gasteiger partial charge on any atom is -0.479 e. The summed E-state index contributed by atoms with van der Waals surface area (Å²) >= 11 is 0. The number of hydrogen-bond acceptors (Lipinski definition) is 10. The first-order chi connectivity index (χ1) is 13.9. The molecule has 7 N–H and O–H groups in total. The van der Waals surface area contributed by atoms with Gasteiger partial charge in [0.1, 0.15) is 35.1 Å². The molecule has 0 amide bonds. The summed E-state index contributed by atoms with van der Waals surface area (Å²) in [5, 5.41) is 32.7. The summed E-state index contributed by atoms with van der Waals surface area (Å²) in [6, 6.07) is 7.75. The lowest BCUT2D eigenvalue weighted by Crippen LogP contribution is -2.33. The minimum absolute atomic E-state index is 0.000235. The molecule has 1 aliphatic rings. The highest BCUT2D eigenvalue weighted by molar-refractivity contribution is 5.98. The van der Waals surface area contributed by atoms with E-state index in [1.165, 1.54) is 6.92 Å². The number of carboxylic acids is 1. The molecular formula is C18H16N8O3. The van der Waals surface area contributed by atoms with Gasteiger partial charge in [-0.05, 0) is 13.0 Å². The van der Waals surface area contributed by atoms with Crippen LogP contribution in [0.5, 0.6) is 5.75 Å². The number of pyridine rings is 1. The van der Waals surface area contributed by atoms with Crippen LogP contribution >= 0.6 is 0 Å². The summed E-state index contributed by atoms with van der Waals surface area (Å²) in [7, 11) is 0. The maximum atomic E-state index is 11.2. The number of hydrogen-bond donors (Lipinski definition) is 5. The zero-order chi connectivity index (χ0) is 21.1. The summed E-state index contributed by atoms with van der Waals surface area (Å²) in [6.45, 7) is 1.39. The van der Waals surface area contributed by atoms with Gasteiger partial charge in [0.15, 0.2) is 12.3 Å². The third kappa shape index (κ3) is 3.52. The monoisotopic (exact) mass is 392 g/mol. The summed E-state index contributed by atoms with van der Waals surface area (Å²) in [5.41, 5.74) is 12.9. The number of aliphatic imine (C=N–C) groups is 1. The van der Waals surface area contributed by atoms with Crippen LogP contribution in [0.4, 0.5) is 17.3 Å². The van der Waals surface area contributed by atoms with Crippen molar-refractivity contribution in [3.8, 4) is 18.0 Å². The fraction of sp³-hybridized carbons (Fsp3) is 0.167. The van der Waals surface area contributed by atoms with Gasteiger partial charge in [-0.15, -0.1) is 0 Å². The lowest BCUT2D eigenvalue weighted by Gasteiger charge is -2.27. The largest absolute Gasteiger partial charge is 0.479 e. The van der Waals surface area contributed by atoms with Gasteiger partial charge in [-0.3, -0.25) is 5.32 Å². The van der Waals surface area contributed by atoms with Gasteiger partial charge in [-0.25, -0.2) is 14.8 Å². The quantitative estimate of drug-likeness (QED) is 0.368. The molecule has 2 atom stereocenters. The first kappa shape index (κ1) is 19.3. The highest BCUT2D eigenvalue weighted by atomic mass is 16.5. The normalized spacial score (nSPS) is 15.6. The number of aromatic nitrogens is 1. The third-order valence-corrected chi connectivity index (χ3v) is 4.22. The molecule has 1 aliphatic heterocycles. The van der Waals surface area contributed by atoms with Gasteiger partial charge in [0, 0.05) is 11.1 Å². The fourth-order valence-electron chi connectivity index (χ4n) is 2.86. The Labute approximate surface area is 165 Å². The molecule has 2 heterocycles. The zero-order valence-electron chi connectivity index (χ0n) is 15.2. The second-order valence-electron chi connectivity index (χ2n) is 6.04. The van der Waals surface area contributed by atoms with Crippen LogP contribution in [0, 0.1) is 22.8 Å². The zero-order valence-corrected chi connectivity index (χ0v) is 15.2. The molecule has 146 valence electrons. The Morgan fingerprint density at radius 3 is 2.76 bits per heavy atom. The van der Waals surface area contributed by atoms with Crippen molar-refractivity contribution in [2.24, 2.45) is 4.99 Å². The third-order valence-electron chi connectivity index (χ3n) is 4.22. The number of aliphatic carboxylic acids is 1. The summed E-state index contributed by atoms with van der Waals surface area (Å²) in [6.07, 6.45) is 0.643. The molecule has 2 unspecified atom stereocenters. The number of carboxylic acid groups (broad SMARTS) is 1. The molecule has 0 saturated heterocycles. The van der Waals surface area contributed by atoms with E-state index in [1.54, 1.807) is 30.5 Å². The van der Waals surface area contributed by atoms with Gasteiger partial charge in [0.25, 0.3) is 0 Å². The molecule has 0 radical (unpaired) electrons. The molecular weight excluding hydrogens is 376 g/mol. The van der Waals surface area contributed by atoms with E-state index in [1.807, 2.05) is 6.07 Å². The number of para-hydroxylation sites is 1. The van der Waals surface area contributed by atoms with Gasteiger partial charge in [-0.2, -0.15) is 10.5 Å². The Bertz CT molecular complexity index is 1100. The van der Waals surface area contributed by atoms with Crippen molar-refractivity contribution in [1.29, 1.82) is 10.5 Å². The number of carbonyl (C=O) groups is 1. The van der Waals surface area contributed by atoms with E-state index in [2.05, 4.69) is 20.6 Å². The smallest absolute Gasteiger partial charge is 0.344 e. The van der Waals surface area contributed by atoms with Crippen molar-refractivity contribution >= 4 is 29.3 Å². The Hall–Kier alpha value is -4.51. The van der Waals surface area contributed by atoms with E-state index in [0.29, 0.717) is 11.1 Å². The standard InChI is InChI=1S/C18H16N8O3/c1-8(17(27)28)29-11-5-3-2-4-9(11)14-12-13(21)10(6-19)15(22)25-16(12)26-18(24-14)23-7-20/h2-5,8,14H,1H3,(H,27,28)(H6,21,22,23,24,25,26). The molecule has 2 aromatic rings. The number of anilines is 3. The van der Waals surface area contributed by atoms with Gasteiger partial charge in [-0.1, -0.05) is 18.2 Å². The van der Waals surface area contributed by atoms with E-state index in [-0.39, 0.29) is 34.6 Å². The molecule has 3 rings (SSSR count). The van der Waals surface area contributed by atoms with E-state index in [9.17, 15) is 10.1 Å². The number of nitriles is 2. The summed E-state index contributed by atoms with van der Waals surface area (Å²) < 4.78 is 5.56. The highest BCUT2D eigenvalue weighted by Gasteiger charge is 2.31. The number of benzene rings is 1. The number of nitrogens with two attached hydrogens (primary N) is 2. The lowest BCUT2D eigenvalue weighted by atomic mass is 9.94. The Morgan fingerprint density at radius 1 is 1.38 bits per heavy atom. The van der Waals surface area contributed by atoms with E-state index < -0.39 is 18.1 Å². The second kappa shape index (κ2) is 7.62. The number of rotatable bonds is 4. The van der Waals surface area contributed by atoms with Crippen molar-refractivity contribution < 1.29 is 14.6 Å². The van der Waals surface area contributed by atoms with Crippen LogP contribution in [0.3, 0.4) is 0 Å². The topological polar surface area (TPSA) is 195 Å². The maximum absolute atomic E-state index is 11.2. The first-order valence-corrected chi connectivity index (χ1v) is 8.34. The van der Waals surface area contributed by atoms with Crippen LogP contribution in [-0.2, 0) is 4.79 Å². The number of nitrogen functional groups attached to an aromatic ring is 2. The van der Waals surface area contributed by atoms with E-state index in [0.717, 1.165) is 0 Å². The Morgan fingerprint density at radius 2 is 2.10 bits per heavy atom. The van der Waals surface area contributed by atoms with Crippen molar-refractivity contribution in [2.75, 3.05) is 16.8 Å². The number of nitrogens with one attached hydrogen (secondary N) is 2. The van der Waals surface area contributed by atoms with Crippen LogP contribution in [-0.4, -0.2) is 28.1 Å². The number of ether oxygens (including phenoxy) is 1. The van der Waals surface area contributed by atoms with Crippen LogP contribution in [0.15, 0.2) is 29.3 Å².